The van der Waals surface area contributed by atoms with Gasteiger partial charge in [-0.15, -0.1) is 0 Å². The van der Waals surface area contributed by atoms with Crippen LogP contribution >= 0.6 is 15.9 Å². The van der Waals surface area contributed by atoms with Gasteiger partial charge in [0.2, 0.25) is 0 Å². The van der Waals surface area contributed by atoms with Gasteiger partial charge < -0.3 is 10.5 Å². The van der Waals surface area contributed by atoms with Crippen LogP contribution in [0.2, 0.25) is 0 Å². The highest BCUT2D eigenvalue weighted by atomic mass is 79.9. The SMILES string of the molecule is C=Cc1cc(Br)cc(N)c1OCCC. The number of nitrogen functional groups attached to an aromatic ring is 1. The maximum absolute atomic E-state index is 5.84. The number of ether oxygens (including phenoxy) is 1. The van der Waals surface area contributed by atoms with Crippen LogP contribution in [-0.2, 0) is 0 Å². The molecule has 0 aliphatic rings. The van der Waals surface area contributed by atoms with Crippen molar-refractivity contribution in [3.05, 3.63) is 28.7 Å². The molecule has 76 valence electrons. The van der Waals surface area contributed by atoms with Crippen LogP contribution in [0.15, 0.2) is 23.2 Å². The first-order chi connectivity index (χ1) is 6.69. The summed E-state index contributed by atoms with van der Waals surface area (Å²) in [6, 6.07) is 3.77. The predicted molar refractivity (Wildman–Crippen MR) is 64.4 cm³/mol. The minimum atomic E-state index is 0.641. The van der Waals surface area contributed by atoms with E-state index in [4.69, 9.17) is 10.5 Å². The fourth-order valence-electron chi connectivity index (χ4n) is 1.16. The molecule has 0 fully saturated rings. The molecular formula is C11H14BrNO. The number of halogens is 1. The van der Waals surface area contributed by atoms with E-state index in [0.717, 1.165) is 22.2 Å². The molecule has 0 amide bonds. The van der Waals surface area contributed by atoms with E-state index in [-0.39, 0.29) is 0 Å². The van der Waals surface area contributed by atoms with E-state index in [2.05, 4.69) is 29.4 Å². The van der Waals surface area contributed by atoms with Gasteiger partial charge in [-0.3, -0.25) is 0 Å². The smallest absolute Gasteiger partial charge is 0.149 e. The molecule has 0 saturated heterocycles. The lowest BCUT2D eigenvalue weighted by molar-refractivity contribution is 0.318. The second-order valence-corrected chi connectivity index (χ2v) is 3.88. The van der Waals surface area contributed by atoms with E-state index < -0.39 is 0 Å². The standard InChI is InChI=1S/C11H14BrNO/c1-3-5-14-11-8(4-2)6-9(12)7-10(11)13/h4,6-7H,2-3,5,13H2,1H3. The third-order valence-corrected chi connectivity index (χ3v) is 2.24. The molecule has 1 aromatic rings. The van der Waals surface area contributed by atoms with Crippen molar-refractivity contribution in [1.29, 1.82) is 0 Å². The molecule has 2 nitrogen and oxygen atoms in total. The lowest BCUT2D eigenvalue weighted by atomic mass is 10.1. The normalized spacial score (nSPS) is 9.86. The maximum Gasteiger partial charge on any atom is 0.149 e. The monoisotopic (exact) mass is 255 g/mol. The Hall–Kier alpha value is -0.960. The molecule has 0 atom stereocenters. The summed E-state index contributed by atoms with van der Waals surface area (Å²) in [4.78, 5) is 0. The van der Waals surface area contributed by atoms with Gasteiger partial charge in [0.15, 0.2) is 0 Å². The van der Waals surface area contributed by atoms with Crippen LogP contribution in [0, 0.1) is 0 Å². The van der Waals surface area contributed by atoms with Gasteiger partial charge in [-0.2, -0.15) is 0 Å². The van der Waals surface area contributed by atoms with Gasteiger partial charge in [0.25, 0.3) is 0 Å². The van der Waals surface area contributed by atoms with Gasteiger partial charge in [-0.05, 0) is 18.6 Å². The summed E-state index contributed by atoms with van der Waals surface area (Å²) in [5, 5.41) is 0. The topological polar surface area (TPSA) is 35.2 Å². The summed E-state index contributed by atoms with van der Waals surface area (Å²) in [6.45, 7) is 6.46. The van der Waals surface area contributed by atoms with Crippen molar-refractivity contribution < 1.29 is 4.74 Å². The van der Waals surface area contributed by atoms with Crippen LogP contribution in [0.1, 0.15) is 18.9 Å². The number of rotatable bonds is 4. The summed E-state index contributed by atoms with van der Waals surface area (Å²) in [5.41, 5.74) is 7.40. The van der Waals surface area contributed by atoms with Gasteiger partial charge in [-0.25, -0.2) is 0 Å². The molecule has 0 radical (unpaired) electrons. The Morgan fingerprint density at radius 2 is 2.29 bits per heavy atom. The van der Waals surface area contributed by atoms with Gasteiger partial charge in [0, 0.05) is 10.0 Å². The molecular weight excluding hydrogens is 242 g/mol. The van der Waals surface area contributed by atoms with Crippen molar-refractivity contribution in [2.45, 2.75) is 13.3 Å². The van der Waals surface area contributed by atoms with E-state index in [0.29, 0.717) is 12.3 Å². The van der Waals surface area contributed by atoms with Crippen LogP contribution in [0.5, 0.6) is 5.75 Å². The van der Waals surface area contributed by atoms with Crippen molar-refractivity contribution in [2.75, 3.05) is 12.3 Å². The zero-order valence-electron chi connectivity index (χ0n) is 8.22. The molecule has 1 rings (SSSR count). The van der Waals surface area contributed by atoms with Crippen LogP contribution in [0.25, 0.3) is 6.08 Å². The first-order valence-electron chi connectivity index (χ1n) is 4.53. The minimum absolute atomic E-state index is 0.641. The first kappa shape index (κ1) is 11.1. The second-order valence-electron chi connectivity index (χ2n) is 2.97. The quantitative estimate of drug-likeness (QED) is 0.837. The third-order valence-electron chi connectivity index (χ3n) is 1.78. The zero-order chi connectivity index (χ0) is 10.6. The third kappa shape index (κ3) is 2.51. The van der Waals surface area contributed by atoms with Crippen molar-refractivity contribution in [2.24, 2.45) is 0 Å². The number of hydrogen-bond acceptors (Lipinski definition) is 2. The van der Waals surface area contributed by atoms with E-state index >= 15 is 0 Å². The van der Waals surface area contributed by atoms with Gasteiger partial charge >= 0.3 is 0 Å². The highest BCUT2D eigenvalue weighted by molar-refractivity contribution is 9.10. The van der Waals surface area contributed by atoms with Crippen LogP contribution < -0.4 is 10.5 Å². The fraction of sp³-hybridized carbons (Fsp3) is 0.273. The summed E-state index contributed by atoms with van der Waals surface area (Å²) in [7, 11) is 0. The Morgan fingerprint density at radius 3 is 2.86 bits per heavy atom. The molecule has 0 aliphatic heterocycles. The molecule has 3 heteroatoms. The highest BCUT2D eigenvalue weighted by Gasteiger charge is 2.06. The van der Waals surface area contributed by atoms with Crippen molar-refractivity contribution >= 4 is 27.7 Å². The molecule has 0 unspecified atom stereocenters. The van der Waals surface area contributed by atoms with Crippen molar-refractivity contribution in [3.8, 4) is 5.75 Å². The molecule has 0 bridgehead atoms. The Bertz CT molecular complexity index is 336. The van der Waals surface area contributed by atoms with Crippen molar-refractivity contribution in [1.82, 2.24) is 0 Å². The Morgan fingerprint density at radius 1 is 1.57 bits per heavy atom. The largest absolute Gasteiger partial charge is 0.491 e. The molecule has 0 heterocycles. The Balaban J connectivity index is 3.05. The minimum Gasteiger partial charge on any atom is -0.491 e. The lowest BCUT2D eigenvalue weighted by Crippen LogP contribution is -2.01. The van der Waals surface area contributed by atoms with Crippen LogP contribution in [0.4, 0.5) is 5.69 Å². The van der Waals surface area contributed by atoms with Gasteiger partial charge in [0.05, 0.1) is 12.3 Å². The molecule has 0 saturated carbocycles. The molecule has 2 N–H and O–H groups in total. The molecule has 0 spiro atoms. The fourth-order valence-corrected chi connectivity index (χ4v) is 1.65. The van der Waals surface area contributed by atoms with E-state index in [1.54, 1.807) is 6.08 Å². The summed E-state index contributed by atoms with van der Waals surface area (Å²) in [5.74, 6) is 0.727. The Kier molecular flexibility index (Phi) is 4.01. The second kappa shape index (κ2) is 5.05. The van der Waals surface area contributed by atoms with E-state index in [9.17, 15) is 0 Å². The first-order valence-corrected chi connectivity index (χ1v) is 5.32. The predicted octanol–water partition coefficient (Wildman–Crippen LogP) is 3.46. The van der Waals surface area contributed by atoms with Crippen LogP contribution in [0.3, 0.4) is 0 Å². The number of nitrogens with two attached hydrogens (primary N) is 1. The molecule has 0 aromatic heterocycles. The average molecular weight is 256 g/mol. The number of anilines is 1. The van der Waals surface area contributed by atoms with Gasteiger partial charge in [0.1, 0.15) is 5.75 Å². The van der Waals surface area contributed by atoms with Gasteiger partial charge in [-0.1, -0.05) is 35.5 Å². The highest BCUT2D eigenvalue weighted by Crippen LogP contribution is 2.31. The zero-order valence-corrected chi connectivity index (χ0v) is 9.80. The summed E-state index contributed by atoms with van der Waals surface area (Å²) >= 11 is 3.37. The molecule has 0 aliphatic carbocycles. The average Bonchev–Trinajstić information content (AvgIpc) is 2.15. The lowest BCUT2D eigenvalue weighted by Gasteiger charge is -2.11. The Labute approximate surface area is 92.9 Å². The number of hydrogen-bond donors (Lipinski definition) is 1. The van der Waals surface area contributed by atoms with Crippen molar-refractivity contribution in [3.63, 3.8) is 0 Å². The van der Waals surface area contributed by atoms with E-state index in [1.165, 1.54) is 0 Å². The molecule has 14 heavy (non-hydrogen) atoms. The summed E-state index contributed by atoms with van der Waals surface area (Å²) < 4.78 is 6.48. The maximum atomic E-state index is 5.84. The van der Waals surface area contributed by atoms with Crippen LogP contribution in [-0.4, -0.2) is 6.61 Å². The molecule has 1 aromatic carbocycles. The van der Waals surface area contributed by atoms with E-state index in [1.807, 2.05) is 12.1 Å². The number of benzene rings is 1. The summed E-state index contributed by atoms with van der Waals surface area (Å²) in [6.07, 6.45) is 2.71.